The van der Waals surface area contributed by atoms with Crippen molar-refractivity contribution in [2.45, 2.75) is 25.3 Å². The first kappa shape index (κ1) is 20.5. The summed E-state index contributed by atoms with van der Waals surface area (Å²) in [6, 6.07) is 14.3. The zero-order valence-electron chi connectivity index (χ0n) is 15.4. The zero-order chi connectivity index (χ0) is 19.9. The predicted octanol–water partition coefficient (Wildman–Crippen LogP) is 4.18. The van der Waals surface area contributed by atoms with Gasteiger partial charge in [-0.2, -0.15) is 0 Å². The molecule has 0 aromatic heterocycles. The van der Waals surface area contributed by atoms with Gasteiger partial charge in [0.25, 0.3) is 5.91 Å². The summed E-state index contributed by atoms with van der Waals surface area (Å²) >= 11 is 12.1. The van der Waals surface area contributed by atoms with Gasteiger partial charge in [0.15, 0.2) is 0 Å². The molecule has 0 unspecified atom stereocenters. The van der Waals surface area contributed by atoms with E-state index in [0.717, 1.165) is 5.75 Å². The average molecular weight is 421 g/mol. The predicted molar refractivity (Wildman–Crippen MR) is 110 cm³/mol. The number of likely N-dealkylation sites (tertiary alicyclic amines) is 1. The standard InChI is InChI=1S/C21H22Cl2N2O3/c22-15-6-7-19(23)18(14-15)21(27)25-11-8-16(9-12-25)24-20(26)10-13-28-17-4-2-1-3-5-17/h1-7,14,16H,8-13H2,(H,24,26). The van der Waals surface area contributed by atoms with E-state index in [1.54, 1.807) is 23.1 Å². The summed E-state index contributed by atoms with van der Waals surface area (Å²) in [5, 5.41) is 3.89. The van der Waals surface area contributed by atoms with Gasteiger partial charge >= 0.3 is 0 Å². The van der Waals surface area contributed by atoms with Crippen LogP contribution in [0.1, 0.15) is 29.6 Å². The van der Waals surface area contributed by atoms with Crippen molar-refractivity contribution in [2.75, 3.05) is 19.7 Å². The number of rotatable bonds is 6. The van der Waals surface area contributed by atoms with Crippen LogP contribution in [-0.4, -0.2) is 42.5 Å². The molecule has 1 saturated heterocycles. The fourth-order valence-electron chi connectivity index (χ4n) is 3.14. The highest BCUT2D eigenvalue weighted by Crippen LogP contribution is 2.23. The third-order valence-electron chi connectivity index (χ3n) is 4.65. The normalized spacial score (nSPS) is 14.6. The minimum atomic E-state index is -0.131. The lowest BCUT2D eigenvalue weighted by atomic mass is 10.0. The highest BCUT2D eigenvalue weighted by molar-refractivity contribution is 6.35. The van der Waals surface area contributed by atoms with Crippen LogP contribution in [0, 0.1) is 0 Å². The summed E-state index contributed by atoms with van der Waals surface area (Å²) < 4.78 is 5.55. The number of nitrogens with one attached hydrogen (secondary N) is 1. The molecule has 5 nitrogen and oxygen atoms in total. The number of benzene rings is 2. The molecule has 0 aliphatic carbocycles. The summed E-state index contributed by atoms with van der Waals surface area (Å²) in [4.78, 5) is 26.5. The Morgan fingerprint density at radius 3 is 2.50 bits per heavy atom. The van der Waals surface area contributed by atoms with E-state index in [2.05, 4.69) is 5.32 Å². The van der Waals surface area contributed by atoms with Crippen molar-refractivity contribution in [1.29, 1.82) is 0 Å². The highest BCUT2D eigenvalue weighted by atomic mass is 35.5. The number of nitrogens with zero attached hydrogens (tertiary/aromatic N) is 1. The van der Waals surface area contributed by atoms with Crippen molar-refractivity contribution in [2.24, 2.45) is 0 Å². The molecule has 0 bridgehead atoms. The molecule has 3 rings (SSSR count). The number of carbonyl (C=O) groups is 2. The maximum absolute atomic E-state index is 12.7. The molecule has 2 aromatic rings. The van der Waals surface area contributed by atoms with Crippen LogP contribution >= 0.6 is 23.2 Å². The lowest BCUT2D eigenvalue weighted by molar-refractivity contribution is -0.122. The molecule has 7 heteroatoms. The lowest BCUT2D eigenvalue weighted by Crippen LogP contribution is -2.46. The van der Waals surface area contributed by atoms with E-state index in [0.29, 0.717) is 54.6 Å². The van der Waals surface area contributed by atoms with Crippen molar-refractivity contribution in [3.8, 4) is 5.75 Å². The molecule has 1 fully saturated rings. The van der Waals surface area contributed by atoms with E-state index in [9.17, 15) is 9.59 Å². The molecule has 2 aromatic carbocycles. The van der Waals surface area contributed by atoms with E-state index in [1.165, 1.54) is 0 Å². The lowest BCUT2D eigenvalue weighted by Gasteiger charge is -2.32. The summed E-state index contributed by atoms with van der Waals surface area (Å²) in [5.74, 6) is 0.578. The van der Waals surface area contributed by atoms with Crippen LogP contribution in [0.5, 0.6) is 5.75 Å². The molecule has 0 spiro atoms. The Morgan fingerprint density at radius 2 is 1.79 bits per heavy atom. The first-order valence-electron chi connectivity index (χ1n) is 9.24. The van der Waals surface area contributed by atoms with Crippen LogP contribution in [0.25, 0.3) is 0 Å². The number of para-hydroxylation sites is 1. The van der Waals surface area contributed by atoms with Gasteiger partial charge in [0.2, 0.25) is 5.91 Å². The topological polar surface area (TPSA) is 58.6 Å². The minimum absolute atomic E-state index is 0.0430. The molecule has 1 aliphatic rings. The van der Waals surface area contributed by atoms with Gasteiger partial charge in [0.05, 0.1) is 23.6 Å². The molecular formula is C21H22Cl2N2O3. The van der Waals surface area contributed by atoms with Crippen molar-refractivity contribution in [3.63, 3.8) is 0 Å². The number of ether oxygens (including phenoxy) is 1. The van der Waals surface area contributed by atoms with Crippen molar-refractivity contribution in [3.05, 3.63) is 64.1 Å². The summed E-state index contributed by atoms with van der Waals surface area (Å²) in [6.45, 7) is 1.46. The van der Waals surface area contributed by atoms with Gasteiger partial charge in [-0.25, -0.2) is 0 Å². The molecule has 1 aliphatic heterocycles. The second-order valence-electron chi connectivity index (χ2n) is 6.67. The monoisotopic (exact) mass is 420 g/mol. The Morgan fingerprint density at radius 1 is 1.07 bits per heavy atom. The third-order valence-corrected chi connectivity index (χ3v) is 5.21. The Labute approximate surface area is 174 Å². The maximum Gasteiger partial charge on any atom is 0.255 e. The van der Waals surface area contributed by atoms with Crippen molar-refractivity contribution >= 4 is 35.0 Å². The average Bonchev–Trinajstić information content (AvgIpc) is 2.71. The Kier molecular flexibility index (Phi) is 7.18. The first-order valence-corrected chi connectivity index (χ1v) is 10.00. The van der Waals surface area contributed by atoms with Gasteiger partial charge in [-0.15, -0.1) is 0 Å². The molecular weight excluding hydrogens is 399 g/mol. The van der Waals surface area contributed by atoms with Crippen LogP contribution in [0.2, 0.25) is 10.0 Å². The summed E-state index contributed by atoms with van der Waals surface area (Å²) in [5.41, 5.74) is 0.412. The van der Waals surface area contributed by atoms with Crippen LogP contribution in [0.4, 0.5) is 0 Å². The molecule has 148 valence electrons. The van der Waals surface area contributed by atoms with Gasteiger partial charge in [-0.1, -0.05) is 41.4 Å². The Hall–Kier alpha value is -2.24. The summed E-state index contributed by atoms with van der Waals surface area (Å²) in [7, 11) is 0. The third kappa shape index (κ3) is 5.63. The van der Waals surface area contributed by atoms with Crippen LogP contribution in [0.3, 0.4) is 0 Å². The van der Waals surface area contributed by atoms with E-state index < -0.39 is 0 Å². The van der Waals surface area contributed by atoms with E-state index in [-0.39, 0.29) is 17.9 Å². The Bertz CT molecular complexity index is 822. The van der Waals surface area contributed by atoms with E-state index in [1.807, 2.05) is 30.3 Å². The van der Waals surface area contributed by atoms with Gasteiger partial charge < -0.3 is 15.0 Å². The molecule has 1 heterocycles. The first-order chi connectivity index (χ1) is 13.5. The molecule has 28 heavy (non-hydrogen) atoms. The molecule has 1 N–H and O–H groups in total. The zero-order valence-corrected chi connectivity index (χ0v) is 16.9. The van der Waals surface area contributed by atoms with Crippen molar-refractivity contribution < 1.29 is 14.3 Å². The number of carbonyl (C=O) groups excluding carboxylic acids is 2. The second-order valence-corrected chi connectivity index (χ2v) is 7.51. The number of halogens is 2. The van der Waals surface area contributed by atoms with Crippen LogP contribution in [-0.2, 0) is 4.79 Å². The SMILES string of the molecule is O=C(CCOc1ccccc1)NC1CCN(C(=O)c2cc(Cl)ccc2Cl)CC1. The summed E-state index contributed by atoms with van der Waals surface area (Å²) in [6.07, 6.45) is 1.70. The minimum Gasteiger partial charge on any atom is -0.493 e. The number of piperidine rings is 1. The maximum atomic E-state index is 12.7. The van der Waals surface area contributed by atoms with Gasteiger partial charge in [-0.3, -0.25) is 9.59 Å². The number of hydrogen-bond acceptors (Lipinski definition) is 3. The fraction of sp³-hybridized carbons (Fsp3) is 0.333. The van der Waals surface area contributed by atoms with Gasteiger partial charge in [-0.05, 0) is 43.2 Å². The molecule has 0 atom stereocenters. The highest BCUT2D eigenvalue weighted by Gasteiger charge is 2.25. The number of hydrogen-bond donors (Lipinski definition) is 1. The van der Waals surface area contributed by atoms with Crippen LogP contribution < -0.4 is 10.1 Å². The quantitative estimate of drug-likeness (QED) is 0.761. The molecule has 0 radical (unpaired) electrons. The largest absolute Gasteiger partial charge is 0.493 e. The smallest absolute Gasteiger partial charge is 0.255 e. The number of amides is 2. The Balaban J connectivity index is 1.41. The van der Waals surface area contributed by atoms with E-state index >= 15 is 0 Å². The second kappa shape index (κ2) is 9.80. The van der Waals surface area contributed by atoms with Crippen LogP contribution in [0.15, 0.2) is 48.5 Å². The molecule has 0 saturated carbocycles. The van der Waals surface area contributed by atoms with Crippen molar-refractivity contribution in [1.82, 2.24) is 10.2 Å². The van der Waals surface area contributed by atoms with E-state index in [4.69, 9.17) is 27.9 Å². The molecule has 2 amide bonds. The fourth-order valence-corrected chi connectivity index (χ4v) is 3.51. The van der Waals surface area contributed by atoms with Gasteiger partial charge in [0, 0.05) is 24.2 Å². The van der Waals surface area contributed by atoms with Gasteiger partial charge in [0.1, 0.15) is 5.75 Å².